The van der Waals surface area contributed by atoms with Crippen LogP contribution in [0, 0.1) is 4.77 Å². The molecule has 1 heterocycles. The smallest absolute Gasteiger partial charge is 0.356 e. The molecule has 1 N–H and O–H groups in total. The molecule has 0 spiro atoms. The second-order valence-corrected chi connectivity index (χ2v) is 5.14. The number of carbonyl (C=O) groups excluding carboxylic acids is 1. The molecule has 0 radical (unpaired) electrons. The maximum absolute atomic E-state index is 11.8. The Balaban J connectivity index is 2.55. The van der Waals surface area contributed by atoms with E-state index in [9.17, 15) is 4.79 Å². The number of rotatable bonds is 4. The zero-order valence-electron chi connectivity index (χ0n) is 11.2. The number of benzene rings is 1. The van der Waals surface area contributed by atoms with Crippen LogP contribution in [0.1, 0.15) is 35.4 Å². The minimum atomic E-state index is -0.419. The third kappa shape index (κ3) is 2.78. The second-order valence-electron chi connectivity index (χ2n) is 4.32. The predicted octanol–water partition coefficient (Wildman–Crippen LogP) is 3.99. The molecule has 106 valence electrons. The van der Waals surface area contributed by atoms with Crippen LogP contribution in [-0.4, -0.2) is 22.6 Å². The number of nitrogens with zero attached hydrogens (tertiary/aromatic N) is 1. The van der Waals surface area contributed by atoms with E-state index in [4.69, 9.17) is 28.6 Å². The van der Waals surface area contributed by atoms with Crippen LogP contribution >= 0.6 is 23.8 Å². The van der Waals surface area contributed by atoms with E-state index < -0.39 is 5.97 Å². The molecule has 0 aliphatic rings. The van der Waals surface area contributed by atoms with Gasteiger partial charge in [0.15, 0.2) is 4.77 Å². The number of hydrogen-bond donors (Lipinski definition) is 1. The Bertz CT molecular complexity index is 678. The Kier molecular flexibility index (Phi) is 4.62. The second kappa shape index (κ2) is 6.24. The van der Waals surface area contributed by atoms with E-state index in [1.165, 1.54) is 7.11 Å². The van der Waals surface area contributed by atoms with Gasteiger partial charge in [0.1, 0.15) is 5.69 Å². The third-order valence-electron chi connectivity index (χ3n) is 3.14. The number of nitrogens with one attached hydrogen (secondary N) is 1. The van der Waals surface area contributed by atoms with E-state index in [2.05, 4.69) is 4.98 Å². The van der Waals surface area contributed by atoms with Crippen molar-refractivity contribution < 1.29 is 9.53 Å². The van der Waals surface area contributed by atoms with Gasteiger partial charge in [-0.25, -0.2) is 4.79 Å². The number of aromatic amines is 1. The normalized spacial score (nSPS) is 12.2. The zero-order chi connectivity index (χ0) is 14.7. The third-order valence-corrected chi connectivity index (χ3v) is 3.69. The molecule has 1 aromatic heterocycles. The van der Waals surface area contributed by atoms with Gasteiger partial charge in [-0.1, -0.05) is 30.7 Å². The quantitative estimate of drug-likeness (QED) is 0.686. The topological polar surface area (TPSA) is 47.0 Å². The van der Waals surface area contributed by atoms with E-state index in [0.717, 1.165) is 12.0 Å². The van der Waals surface area contributed by atoms with Gasteiger partial charge in [-0.05, 0) is 36.3 Å². The van der Waals surface area contributed by atoms with Gasteiger partial charge in [0.2, 0.25) is 0 Å². The molecule has 0 aliphatic heterocycles. The van der Waals surface area contributed by atoms with Crippen LogP contribution in [0.3, 0.4) is 0 Å². The van der Waals surface area contributed by atoms with Gasteiger partial charge in [-0.15, -0.1) is 0 Å². The first-order valence-electron chi connectivity index (χ1n) is 6.22. The molecule has 6 heteroatoms. The number of imidazole rings is 1. The summed E-state index contributed by atoms with van der Waals surface area (Å²) in [7, 11) is 1.35. The molecule has 0 saturated heterocycles. The maximum Gasteiger partial charge on any atom is 0.356 e. The predicted molar refractivity (Wildman–Crippen MR) is 80.8 cm³/mol. The summed E-state index contributed by atoms with van der Waals surface area (Å²) < 4.78 is 7.05. The van der Waals surface area contributed by atoms with Crippen LogP contribution in [0.25, 0.3) is 0 Å². The maximum atomic E-state index is 11.8. The van der Waals surface area contributed by atoms with Crippen molar-refractivity contribution in [2.24, 2.45) is 0 Å². The SMILES string of the molecule is CCC(c1cccc(Cl)c1)n1c(C(=O)OC)c[nH]c1=S. The minimum Gasteiger partial charge on any atom is -0.464 e. The van der Waals surface area contributed by atoms with E-state index in [0.29, 0.717) is 15.5 Å². The highest BCUT2D eigenvalue weighted by Gasteiger charge is 2.21. The summed E-state index contributed by atoms with van der Waals surface area (Å²) in [5.41, 5.74) is 1.41. The highest BCUT2D eigenvalue weighted by molar-refractivity contribution is 7.71. The molecule has 20 heavy (non-hydrogen) atoms. The molecule has 2 rings (SSSR count). The molecule has 0 bridgehead atoms. The number of halogens is 1. The van der Waals surface area contributed by atoms with Crippen molar-refractivity contribution in [2.45, 2.75) is 19.4 Å². The lowest BCUT2D eigenvalue weighted by Gasteiger charge is -2.19. The summed E-state index contributed by atoms with van der Waals surface area (Å²) in [6.45, 7) is 2.03. The molecule has 2 aromatic rings. The molecule has 0 amide bonds. The first-order valence-corrected chi connectivity index (χ1v) is 7.00. The lowest BCUT2D eigenvalue weighted by atomic mass is 10.0. The highest BCUT2D eigenvalue weighted by Crippen LogP contribution is 2.26. The number of H-pyrrole nitrogens is 1. The molecule has 1 aromatic carbocycles. The number of esters is 1. The Morgan fingerprint density at radius 2 is 2.30 bits per heavy atom. The lowest BCUT2D eigenvalue weighted by molar-refractivity contribution is 0.0586. The standard InChI is InChI=1S/C14H15ClN2O2S/c1-3-11(9-5-4-6-10(15)7-9)17-12(13(18)19-2)8-16-14(17)20/h4-8,11H,3H2,1-2H3,(H,16,20). The van der Waals surface area contributed by atoms with Crippen LogP contribution in [-0.2, 0) is 4.74 Å². The summed E-state index contributed by atoms with van der Waals surface area (Å²) >= 11 is 11.3. The van der Waals surface area contributed by atoms with Crippen molar-refractivity contribution >= 4 is 29.8 Å². The average Bonchev–Trinajstić information content (AvgIpc) is 2.81. The Labute approximate surface area is 127 Å². The van der Waals surface area contributed by atoms with Gasteiger partial charge in [0.25, 0.3) is 0 Å². The van der Waals surface area contributed by atoms with E-state index in [-0.39, 0.29) is 6.04 Å². The molecule has 1 unspecified atom stereocenters. The molecule has 1 atom stereocenters. The van der Waals surface area contributed by atoms with E-state index in [1.54, 1.807) is 10.8 Å². The highest BCUT2D eigenvalue weighted by atomic mass is 35.5. The van der Waals surface area contributed by atoms with Gasteiger partial charge >= 0.3 is 5.97 Å². The number of ether oxygens (including phenoxy) is 1. The lowest BCUT2D eigenvalue weighted by Crippen LogP contribution is -2.17. The molecule has 0 saturated carbocycles. The number of hydrogen-bond acceptors (Lipinski definition) is 3. The van der Waals surface area contributed by atoms with Gasteiger partial charge in [-0.3, -0.25) is 0 Å². The monoisotopic (exact) mass is 310 g/mol. The van der Waals surface area contributed by atoms with Crippen LogP contribution in [0.5, 0.6) is 0 Å². The van der Waals surface area contributed by atoms with E-state index >= 15 is 0 Å². The van der Waals surface area contributed by atoms with Gasteiger partial charge in [0, 0.05) is 11.2 Å². The fourth-order valence-corrected chi connectivity index (χ4v) is 2.71. The minimum absolute atomic E-state index is 0.0680. The van der Waals surface area contributed by atoms with Crippen molar-refractivity contribution in [3.8, 4) is 0 Å². The summed E-state index contributed by atoms with van der Waals surface area (Å²) in [6.07, 6.45) is 2.35. The molecular weight excluding hydrogens is 296 g/mol. The zero-order valence-corrected chi connectivity index (χ0v) is 12.8. The Morgan fingerprint density at radius 1 is 1.55 bits per heavy atom. The van der Waals surface area contributed by atoms with E-state index in [1.807, 2.05) is 31.2 Å². The van der Waals surface area contributed by atoms with Gasteiger partial charge in [-0.2, -0.15) is 0 Å². The summed E-state index contributed by atoms with van der Waals surface area (Å²) in [6, 6.07) is 7.48. The fourth-order valence-electron chi connectivity index (χ4n) is 2.23. The summed E-state index contributed by atoms with van der Waals surface area (Å²) in [5, 5.41) is 0.655. The summed E-state index contributed by atoms with van der Waals surface area (Å²) in [4.78, 5) is 14.7. The number of carbonyl (C=O) groups is 1. The van der Waals surface area contributed by atoms with Crippen LogP contribution in [0.4, 0.5) is 0 Å². The van der Waals surface area contributed by atoms with Gasteiger partial charge < -0.3 is 14.3 Å². The number of methoxy groups -OCH3 is 1. The molecule has 0 aliphatic carbocycles. The Hall–Kier alpha value is -1.59. The molecular formula is C14H15ClN2O2S. The van der Waals surface area contributed by atoms with Crippen LogP contribution in [0.2, 0.25) is 5.02 Å². The first-order chi connectivity index (χ1) is 9.58. The van der Waals surface area contributed by atoms with Crippen molar-refractivity contribution in [2.75, 3.05) is 7.11 Å². The van der Waals surface area contributed by atoms with Crippen molar-refractivity contribution in [1.82, 2.24) is 9.55 Å². The summed E-state index contributed by atoms with van der Waals surface area (Å²) in [5.74, 6) is -0.419. The first kappa shape index (κ1) is 14.8. The Morgan fingerprint density at radius 3 is 2.90 bits per heavy atom. The van der Waals surface area contributed by atoms with Crippen molar-refractivity contribution in [3.05, 3.63) is 51.5 Å². The number of aromatic nitrogens is 2. The van der Waals surface area contributed by atoms with Crippen LogP contribution < -0.4 is 0 Å². The van der Waals surface area contributed by atoms with Crippen molar-refractivity contribution in [3.63, 3.8) is 0 Å². The molecule has 0 fully saturated rings. The van der Waals surface area contributed by atoms with Crippen LogP contribution in [0.15, 0.2) is 30.5 Å². The fraction of sp³-hybridized carbons (Fsp3) is 0.286. The molecule has 4 nitrogen and oxygen atoms in total. The van der Waals surface area contributed by atoms with Gasteiger partial charge in [0.05, 0.1) is 13.2 Å². The largest absolute Gasteiger partial charge is 0.464 e. The van der Waals surface area contributed by atoms with Crippen molar-refractivity contribution in [1.29, 1.82) is 0 Å². The average molecular weight is 311 g/mol.